The number of fused-ring (bicyclic) bond motifs is 1. The van der Waals surface area contributed by atoms with Gasteiger partial charge in [0.1, 0.15) is 5.82 Å². The van der Waals surface area contributed by atoms with Crippen LogP contribution < -0.4 is 0 Å². The number of rotatable bonds is 1. The van der Waals surface area contributed by atoms with Crippen LogP contribution in [0.3, 0.4) is 0 Å². The van der Waals surface area contributed by atoms with E-state index in [0.29, 0.717) is 12.5 Å². The third-order valence-corrected chi connectivity index (χ3v) is 4.21. The van der Waals surface area contributed by atoms with Gasteiger partial charge in [-0.25, -0.2) is 4.39 Å². The van der Waals surface area contributed by atoms with Crippen molar-refractivity contribution in [2.24, 2.45) is 0 Å². The zero-order valence-corrected chi connectivity index (χ0v) is 10.4. The predicted molar refractivity (Wildman–Crippen MR) is 67.5 cm³/mol. The smallest absolute Gasteiger partial charge is 0.223 e. The molecule has 2 saturated heterocycles. The molecule has 0 spiro atoms. The number of hydrogen-bond donors (Lipinski definition) is 0. The Hall–Kier alpha value is -1.38. The molecule has 0 aliphatic carbocycles. The maximum absolute atomic E-state index is 13.0. The van der Waals surface area contributed by atoms with E-state index in [1.807, 2.05) is 12.1 Å². The second-order valence-corrected chi connectivity index (χ2v) is 5.35. The van der Waals surface area contributed by atoms with E-state index in [2.05, 4.69) is 4.90 Å². The molecule has 3 rings (SSSR count). The highest BCUT2D eigenvalue weighted by Gasteiger charge is 2.36. The molecule has 2 aliphatic heterocycles. The molecular formula is C15H18FNO. The van der Waals surface area contributed by atoms with Crippen LogP contribution in [0.2, 0.25) is 0 Å². The summed E-state index contributed by atoms with van der Waals surface area (Å²) < 4.78 is 13.0. The number of nitrogens with zero attached hydrogens (tertiary/aromatic N) is 1. The molecule has 2 atom stereocenters. The first kappa shape index (κ1) is 11.7. The van der Waals surface area contributed by atoms with Gasteiger partial charge in [0.2, 0.25) is 5.91 Å². The third kappa shape index (κ3) is 2.02. The van der Waals surface area contributed by atoms with Crippen LogP contribution in [0.4, 0.5) is 4.39 Å². The quantitative estimate of drug-likeness (QED) is 0.744. The van der Waals surface area contributed by atoms with Crippen LogP contribution in [0.5, 0.6) is 0 Å². The Morgan fingerprint density at radius 2 is 1.78 bits per heavy atom. The highest BCUT2D eigenvalue weighted by atomic mass is 19.1. The number of halogens is 1. The third-order valence-electron chi connectivity index (χ3n) is 4.21. The van der Waals surface area contributed by atoms with Gasteiger partial charge in [0, 0.05) is 12.5 Å². The zero-order chi connectivity index (χ0) is 12.5. The van der Waals surface area contributed by atoms with Crippen molar-refractivity contribution in [3.8, 4) is 0 Å². The Balaban J connectivity index is 1.89. The maximum Gasteiger partial charge on any atom is 0.223 e. The number of carbonyl (C=O) groups excluding carboxylic acids is 1. The molecule has 0 radical (unpaired) electrons. The van der Waals surface area contributed by atoms with Gasteiger partial charge in [0.05, 0.1) is 6.04 Å². The van der Waals surface area contributed by atoms with Crippen LogP contribution in [0.1, 0.15) is 50.1 Å². The summed E-state index contributed by atoms with van der Waals surface area (Å²) in [6, 6.07) is 7.21. The van der Waals surface area contributed by atoms with E-state index in [-0.39, 0.29) is 17.8 Å². The molecule has 3 heteroatoms. The topological polar surface area (TPSA) is 20.3 Å². The number of carbonyl (C=O) groups is 1. The van der Waals surface area contributed by atoms with Crippen LogP contribution in [-0.2, 0) is 4.79 Å². The Kier molecular flexibility index (Phi) is 3.06. The molecule has 2 fully saturated rings. The molecule has 1 amide bonds. The van der Waals surface area contributed by atoms with Gasteiger partial charge in [-0.15, -0.1) is 0 Å². The van der Waals surface area contributed by atoms with Gasteiger partial charge in [-0.05, 0) is 49.8 Å². The minimum absolute atomic E-state index is 0.164. The first-order chi connectivity index (χ1) is 8.75. The van der Waals surface area contributed by atoms with Gasteiger partial charge >= 0.3 is 0 Å². The summed E-state index contributed by atoms with van der Waals surface area (Å²) in [6.45, 7) is 0. The normalized spacial score (nSPS) is 28.1. The summed E-state index contributed by atoms with van der Waals surface area (Å²) in [5, 5.41) is 0. The molecule has 18 heavy (non-hydrogen) atoms. The maximum atomic E-state index is 13.0. The molecule has 96 valence electrons. The molecule has 0 bridgehead atoms. The minimum atomic E-state index is -0.212. The Morgan fingerprint density at radius 1 is 1.06 bits per heavy atom. The van der Waals surface area contributed by atoms with E-state index in [1.54, 1.807) is 0 Å². The van der Waals surface area contributed by atoms with Crippen molar-refractivity contribution in [1.82, 2.24) is 4.90 Å². The van der Waals surface area contributed by atoms with Crippen LogP contribution in [0.15, 0.2) is 24.3 Å². The summed E-state index contributed by atoms with van der Waals surface area (Å²) in [4.78, 5) is 14.2. The van der Waals surface area contributed by atoms with Crippen molar-refractivity contribution < 1.29 is 9.18 Å². The first-order valence-corrected chi connectivity index (χ1v) is 6.82. The predicted octanol–water partition coefficient (Wildman–Crippen LogP) is 3.43. The molecule has 0 N–H and O–H groups in total. The summed E-state index contributed by atoms with van der Waals surface area (Å²) >= 11 is 0. The molecule has 1 aromatic carbocycles. The average molecular weight is 247 g/mol. The Labute approximate surface area is 107 Å². The monoisotopic (exact) mass is 247 g/mol. The average Bonchev–Trinajstić information content (AvgIpc) is 2.39. The lowest BCUT2D eigenvalue weighted by Gasteiger charge is -2.45. The SMILES string of the molecule is O=C1CCC[C@@H]2CCC[C@H](c3ccc(F)cc3)N12. The number of hydrogen-bond acceptors (Lipinski definition) is 1. The highest BCUT2D eigenvalue weighted by molar-refractivity contribution is 5.78. The van der Waals surface area contributed by atoms with Crippen molar-refractivity contribution in [2.75, 3.05) is 0 Å². The molecule has 2 heterocycles. The molecule has 0 unspecified atom stereocenters. The van der Waals surface area contributed by atoms with Gasteiger partial charge in [-0.3, -0.25) is 4.79 Å². The fourth-order valence-corrected chi connectivity index (χ4v) is 3.37. The van der Waals surface area contributed by atoms with E-state index in [4.69, 9.17) is 0 Å². The lowest BCUT2D eigenvalue weighted by atomic mass is 9.86. The lowest BCUT2D eigenvalue weighted by Crippen LogP contribution is -2.48. The summed E-state index contributed by atoms with van der Waals surface area (Å²) in [5.41, 5.74) is 1.08. The van der Waals surface area contributed by atoms with Crippen LogP contribution in [0.25, 0.3) is 0 Å². The van der Waals surface area contributed by atoms with Crippen LogP contribution >= 0.6 is 0 Å². The van der Waals surface area contributed by atoms with Crippen molar-refractivity contribution in [3.63, 3.8) is 0 Å². The van der Waals surface area contributed by atoms with E-state index in [1.165, 1.54) is 12.1 Å². The molecule has 0 saturated carbocycles. The van der Waals surface area contributed by atoms with Crippen LogP contribution in [-0.4, -0.2) is 16.8 Å². The van der Waals surface area contributed by atoms with E-state index >= 15 is 0 Å². The van der Waals surface area contributed by atoms with E-state index < -0.39 is 0 Å². The highest BCUT2D eigenvalue weighted by Crippen LogP contribution is 2.38. The minimum Gasteiger partial charge on any atom is -0.333 e. The largest absolute Gasteiger partial charge is 0.333 e. The second kappa shape index (κ2) is 4.71. The lowest BCUT2D eigenvalue weighted by molar-refractivity contribution is -0.142. The van der Waals surface area contributed by atoms with E-state index in [0.717, 1.165) is 37.7 Å². The van der Waals surface area contributed by atoms with Gasteiger partial charge in [0.15, 0.2) is 0 Å². The number of amides is 1. The van der Waals surface area contributed by atoms with Crippen LogP contribution in [0, 0.1) is 5.82 Å². The van der Waals surface area contributed by atoms with E-state index in [9.17, 15) is 9.18 Å². The molecule has 2 aliphatic rings. The van der Waals surface area contributed by atoms with Crippen molar-refractivity contribution in [1.29, 1.82) is 0 Å². The molecule has 2 nitrogen and oxygen atoms in total. The molecular weight excluding hydrogens is 229 g/mol. The van der Waals surface area contributed by atoms with Gasteiger partial charge in [-0.2, -0.15) is 0 Å². The van der Waals surface area contributed by atoms with Gasteiger partial charge < -0.3 is 4.90 Å². The fourth-order valence-electron chi connectivity index (χ4n) is 3.37. The summed E-state index contributed by atoms with van der Waals surface area (Å²) in [7, 11) is 0. The number of piperidine rings is 2. The molecule has 1 aromatic rings. The zero-order valence-electron chi connectivity index (χ0n) is 10.4. The Morgan fingerprint density at radius 3 is 2.56 bits per heavy atom. The van der Waals surface area contributed by atoms with Gasteiger partial charge in [0.25, 0.3) is 0 Å². The van der Waals surface area contributed by atoms with Gasteiger partial charge in [-0.1, -0.05) is 12.1 Å². The van der Waals surface area contributed by atoms with Crippen molar-refractivity contribution >= 4 is 5.91 Å². The fraction of sp³-hybridized carbons (Fsp3) is 0.533. The standard InChI is InChI=1S/C15H18FNO/c16-12-9-7-11(8-10-12)14-5-1-3-13-4-2-6-15(18)17(13)14/h7-10,13-14H,1-6H2/t13-,14+/m0/s1. The first-order valence-electron chi connectivity index (χ1n) is 6.82. The summed E-state index contributed by atoms with van der Waals surface area (Å²) in [5.74, 6) is 0.0661. The number of benzene rings is 1. The van der Waals surface area contributed by atoms with Crippen molar-refractivity contribution in [3.05, 3.63) is 35.6 Å². The molecule has 0 aromatic heterocycles. The van der Waals surface area contributed by atoms with Crippen molar-refractivity contribution in [2.45, 2.75) is 50.6 Å². The second-order valence-electron chi connectivity index (χ2n) is 5.35. The Bertz CT molecular complexity index is 440. The summed E-state index contributed by atoms with van der Waals surface area (Å²) in [6.07, 6.45) is 6.13.